The fourth-order valence-electron chi connectivity index (χ4n) is 1.66. The van der Waals surface area contributed by atoms with Crippen LogP contribution in [0.1, 0.15) is 26.7 Å². The van der Waals surface area contributed by atoms with Crippen LogP contribution in [0.15, 0.2) is 12.7 Å². The zero-order valence-electron chi connectivity index (χ0n) is 8.92. The molecule has 0 aromatic carbocycles. The molecule has 2 nitrogen and oxygen atoms in total. The summed E-state index contributed by atoms with van der Waals surface area (Å²) in [6.07, 6.45) is 4.60. The van der Waals surface area contributed by atoms with Crippen LogP contribution in [0.3, 0.4) is 0 Å². The van der Waals surface area contributed by atoms with Crippen LogP contribution in [-0.2, 0) is 0 Å². The van der Waals surface area contributed by atoms with E-state index in [1.54, 1.807) is 0 Å². The maximum Gasteiger partial charge on any atom is 0.0163 e. The van der Waals surface area contributed by atoms with Crippen LogP contribution in [0.5, 0.6) is 0 Å². The Morgan fingerprint density at radius 1 is 1.54 bits per heavy atom. The Kier molecular flexibility index (Phi) is 3.51. The summed E-state index contributed by atoms with van der Waals surface area (Å²) < 4.78 is 0. The van der Waals surface area contributed by atoms with Gasteiger partial charge in [-0.3, -0.25) is 4.90 Å². The molecule has 1 rings (SSSR count). The predicted molar refractivity (Wildman–Crippen MR) is 57.6 cm³/mol. The number of hydrogen-bond acceptors (Lipinski definition) is 2. The molecule has 0 aliphatic heterocycles. The molecule has 0 heterocycles. The molecule has 76 valence electrons. The fraction of sp³-hybridized carbons (Fsp3) is 0.818. The average Bonchev–Trinajstić information content (AvgIpc) is 2.85. The highest BCUT2D eigenvalue weighted by atomic mass is 15.2. The van der Waals surface area contributed by atoms with E-state index < -0.39 is 0 Å². The molecule has 1 aliphatic carbocycles. The highest BCUT2D eigenvalue weighted by Crippen LogP contribution is 2.45. The minimum Gasteiger partial charge on any atom is -0.330 e. The second-order valence-electron chi connectivity index (χ2n) is 4.52. The molecule has 1 aliphatic rings. The average molecular weight is 182 g/mol. The van der Waals surface area contributed by atoms with Crippen molar-refractivity contribution in [2.24, 2.45) is 11.1 Å². The number of nitrogens with two attached hydrogens (primary N) is 1. The molecule has 0 aromatic rings. The second-order valence-corrected chi connectivity index (χ2v) is 4.52. The van der Waals surface area contributed by atoms with Gasteiger partial charge in [0.05, 0.1) is 0 Å². The number of nitrogens with zero attached hydrogens (tertiary/aromatic N) is 1. The summed E-state index contributed by atoms with van der Waals surface area (Å²) in [4.78, 5) is 2.45. The SMILES string of the molecule is C=CCN(CC1(CN)CC1)C(C)C. The van der Waals surface area contributed by atoms with Crippen LogP contribution >= 0.6 is 0 Å². The molecule has 0 radical (unpaired) electrons. The highest BCUT2D eigenvalue weighted by molar-refractivity contribution is 4.97. The Morgan fingerprint density at radius 3 is 2.46 bits per heavy atom. The molecule has 0 amide bonds. The normalized spacial score (nSPS) is 19.5. The van der Waals surface area contributed by atoms with Crippen molar-refractivity contribution in [3.05, 3.63) is 12.7 Å². The maximum absolute atomic E-state index is 5.76. The molecule has 0 unspecified atom stereocenters. The summed E-state index contributed by atoms with van der Waals surface area (Å²) in [5, 5.41) is 0. The summed E-state index contributed by atoms with van der Waals surface area (Å²) >= 11 is 0. The minimum absolute atomic E-state index is 0.452. The predicted octanol–water partition coefficient (Wildman–Crippen LogP) is 1.62. The van der Waals surface area contributed by atoms with Crippen molar-refractivity contribution in [1.82, 2.24) is 4.90 Å². The molecule has 0 bridgehead atoms. The van der Waals surface area contributed by atoms with Crippen LogP contribution in [-0.4, -0.2) is 30.6 Å². The van der Waals surface area contributed by atoms with Gasteiger partial charge in [0.2, 0.25) is 0 Å². The first-order valence-corrected chi connectivity index (χ1v) is 5.18. The lowest BCUT2D eigenvalue weighted by Crippen LogP contribution is -2.38. The van der Waals surface area contributed by atoms with Crippen molar-refractivity contribution in [3.8, 4) is 0 Å². The Bertz CT molecular complexity index is 171. The first-order valence-electron chi connectivity index (χ1n) is 5.18. The summed E-state index contributed by atoms with van der Waals surface area (Å²) in [7, 11) is 0. The molecular formula is C11H22N2. The quantitative estimate of drug-likeness (QED) is 0.632. The van der Waals surface area contributed by atoms with Gasteiger partial charge in [0.15, 0.2) is 0 Å². The van der Waals surface area contributed by atoms with E-state index in [1.807, 2.05) is 6.08 Å². The Balaban J connectivity index is 2.42. The van der Waals surface area contributed by atoms with Crippen molar-refractivity contribution in [3.63, 3.8) is 0 Å². The van der Waals surface area contributed by atoms with Gasteiger partial charge in [0, 0.05) is 19.1 Å². The van der Waals surface area contributed by atoms with Gasteiger partial charge in [0.1, 0.15) is 0 Å². The molecule has 13 heavy (non-hydrogen) atoms. The van der Waals surface area contributed by atoms with Crippen LogP contribution in [0.2, 0.25) is 0 Å². The zero-order valence-corrected chi connectivity index (χ0v) is 8.92. The number of rotatable bonds is 6. The van der Waals surface area contributed by atoms with Gasteiger partial charge in [0.25, 0.3) is 0 Å². The lowest BCUT2D eigenvalue weighted by atomic mass is 10.1. The topological polar surface area (TPSA) is 29.3 Å². The molecule has 1 fully saturated rings. The van der Waals surface area contributed by atoms with Crippen LogP contribution in [0, 0.1) is 5.41 Å². The third kappa shape index (κ3) is 2.82. The van der Waals surface area contributed by atoms with Gasteiger partial charge in [-0.15, -0.1) is 6.58 Å². The van der Waals surface area contributed by atoms with Crippen molar-refractivity contribution >= 4 is 0 Å². The van der Waals surface area contributed by atoms with Gasteiger partial charge in [-0.25, -0.2) is 0 Å². The van der Waals surface area contributed by atoms with Crippen LogP contribution < -0.4 is 5.73 Å². The second kappa shape index (κ2) is 4.25. The highest BCUT2D eigenvalue weighted by Gasteiger charge is 2.42. The molecule has 2 heteroatoms. The maximum atomic E-state index is 5.76. The fourth-order valence-corrected chi connectivity index (χ4v) is 1.66. The van der Waals surface area contributed by atoms with Crippen LogP contribution in [0.25, 0.3) is 0 Å². The van der Waals surface area contributed by atoms with E-state index in [9.17, 15) is 0 Å². The zero-order chi connectivity index (χ0) is 9.90. The van der Waals surface area contributed by atoms with E-state index in [-0.39, 0.29) is 0 Å². The molecule has 1 saturated carbocycles. The van der Waals surface area contributed by atoms with Crippen LogP contribution in [0.4, 0.5) is 0 Å². The molecule has 0 atom stereocenters. The first kappa shape index (κ1) is 10.7. The Labute approximate surface area is 81.8 Å². The van der Waals surface area contributed by atoms with E-state index >= 15 is 0 Å². The molecule has 0 spiro atoms. The summed E-state index contributed by atoms with van der Waals surface area (Å²) in [6.45, 7) is 11.2. The lowest BCUT2D eigenvalue weighted by molar-refractivity contribution is 0.199. The van der Waals surface area contributed by atoms with Crippen molar-refractivity contribution < 1.29 is 0 Å². The van der Waals surface area contributed by atoms with Crippen molar-refractivity contribution in [1.29, 1.82) is 0 Å². The van der Waals surface area contributed by atoms with Gasteiger partial charge in [-0.1, -0.05) is 6.08 Å². The van der Waals surface area contributed by atoms with Gasteiger partial charge >= 0.3 is 0 Å². The summed E-state index contributed by atoms with van der Waals surface area (Å²) in [5.41, 5.74) is 6.21. The van der Waals surface area contributed by atoms with Gasteiger partial charge < -0.3 is 5.73 Å². The summed E-state index contributed by atoms with van der Waals surface area (Å²) in [5.74, 6) is 0. The standard InChI is InChI=1S/C11H22N2/c1-4-7-13(10(2)3)9-11(8-12)5-6-11/h4,10H,1,5-9,12H2,2-3H3. The third-order valence-corrected chi connectivity index (χ3v) is 3.02. The summed E-state index contributed by atoms with van der Waals surface area (Å²) in [6, 6.07) is 0.599. The van der Waals surface area contributed by atoms with E-state index in [0.717, 1.165) is 19.6 Å². The van der Waals surface area contributed by atoms with E-state index in [4.69, 9.17) is 5.73 Å². The lowest BCUT2D eigenvalue weighted by Gasteiger charge is -2.29. The minimum atomic E-state index is 0.452. The smallest absolute Gasteiger partial charge is 0.0163 e. The van der Waals surface area contributed by atoms with Gasteiger partial charge in [-0.05, 0) is 38.6 Å². The monoisotopic (exact) mass is 182 g/mol. The van der Waals surface area contributed by atoms with E-state index in [1.165, 1.54) is 12.8 Å². The van der Waals surface area contributed by atoms with Gasteiger partial charge in [-0.2, -0.15) is 0 Å². The van der Waals surface area contributed by atoms with E-state index in [0.29, 0.717) is 11.5 Å². The van der Waals surface area contributed by atoms with E-state index in [2.05, 4.69) is 25.3 Å². The Morgan fingerprint density at radius 2 is 2.15 bits per heavy atom. The number of hydrogen-bond donors (Lipinski definition) is 1. The molecule has 0 saturated heterocycles. The first-order chi connectivity index (χ1) is 6.13. The Hall–Kier alpha value is -0.340. The largest absolute Gasteiger partial charge is 0.330 e. The molecule has 0 aromatic heterocycles. The third-order valence-electron chi connectivity index (χ3n) is 3.02. The molecular weight excluding hydrogens is 160 g/mol. The van der Waals surface area contributed by atoms with Crippen molar-refractivity contribution in [2.75, 3.05) is 19.6 Å². The van der Waals surface area contributed by atoms with Crippen molar-refractivity contribution in [2.45, 2.75) is 32.7 Å². The molecule has 2 N–H and O–H groups in total.